The number of carbonyl (C=O) groups excluding carboxylic acids is 2. The number of hydrogen-bond donors (Lipinski definition) is 1. The largest absolute Gasteiger partial charge is 0.507 e. The second-order valence-electron chi connectivity index (χ2n) is 7.39. The fraction of sp³-hybridized carbons (Fsp3) is 0.167. The molecule has 6 nitrogen and oxygen atoms in total. The number of ether oxygens (including phenoxy) is 2. The Bertz CT molecular complexity index is 1240. The molecule has 1 amide bonds. The van der Waals surface area contributed by atoms with Gasteiger partial charge in [-0.25, -0.2) is 4.39 Å². The van der Waals surface area contributed by atoms with Crippen LogP contribution in [0.5, 0.6) is 11.5 Å². The van der Waals surface area contributed by atoms with E-state index < -0.39 is 23.5 Å². The summed E-state index contributed by atoms with van der Waals surface area (Å²) in [5, 5.41) is 13.0. The summed E-state index contributed by atoms with van der Waals surface area (Å²) in [5.41, 5.74) is 0.264. The number of aliphatic hydroxyl groups excluding tert-OH is 1. The predicted molar refractivity (Wildman–Crippen MR) is 116 cm³/mol. The lowest BCUT2D eigenvalue weighted by Crippen LogP contribution is -2.29. The number of likely N-dealkylation sites (tertiary alicyclic amines) is 1. The number of ketones is 1. The Kier molecular flexibility index (Phi) is 5.14. The lowest BCUT2D eigenvalue weighted by molar-refractivity contribution is -0.140. The van der Waals surface area contributed by atoms with Gasteiger partial charge in [0.25, 0.3) is 11.7 Å². The fourth-order valence-electron chi connectivity index (χ4n) is 3.98. The molecule has 1 fully saturated rings. The number of amides is 1. The average Bonchev–Trinajstić information content (AvgIpc) is 3.41. The van der Waals surface area contributed by atoms with Crippen LogP contribution in [0.1, 0.15) is 22.0 Å². The van der Waals surface area contributed by atoms with Crippen molar-refractivity contribution < 1.29 is 28.6 Å². The van der Waals surface area contributed by atoms with E-state index in [9.17, 15) is 19.1 Å². The number of nitrogens with zero attached hydrogens (tertiary/aromatic N) is 1. The minimum Gasteiger partial charge on any atom is -0.507 e. The first-order valence-corrected chi connectivity index (χ1v) is 10.9. The van der Waals surface area contributed by atoms with Gasteiger partial charge in [-0.15, -0.1) is 11.3 Å². The highest BCUT2D eigenvalue weighted by Gasteiger charge is 2.47. The minimum absolute atomic E-state index is 0.124. The van der Waals surface area contributed by atoms with Gasteiger partial charge in [-0.05, 0) is 35.7 Å². The van der Waals surface area contributed by atoms with Gasteiger partial charge in [0.15, 0.2) is 11.5 Å². The molecular formula is C24H18FNO5S. The molecule has 5 rings (SSSR count). The third-order valence-corrected chi connectivity index (χ3v) is 6.32. The molecule has 162 valence electrons. The normalized spacial score (nSPS) is 19.4. The number of halogens is 1. The van der Waals surface area contributed by atoms with Crippen LogP contribution in [-0.2, 0) is 16.1 Å². The van der Waals surface area contributed by atoms with E-state index in [-0.39, 0.29) is 29.0 Å². The summed E-state index contributed by atoms with van der Waals surface area (Å²) in [6, 6.07) is 13.3. The molecule has 0 bridgehead atoms. The number of Topliss-reactive ketones (excluding diaryl/α,β-unsaturated/α-hetero) is 1. The highest BCUT2D eigenvalue weighted by molar-refractivity contribution is 7.09. The van der Waals surface area contributed by atoms with Crippen molar-refractivity contribution in [3.8, 4) is 11.5 Å². The van der Waals surface area contributed by atoms with Gasteiger partial charge in [-0.1, -0.05) is 24.3 Å². The topological polar surface area (TPSA) is 76.1 Å². The first kappa shape index (κ1) is 20.3. The van der Waals surface area contributed by atoms with E-state index in [0.29, 0.717) is 24.7 Å². The van der Waals surface area contributed by atoms with Gasteiger partial charge in [0.2, 0.25) is 0 Å². The van der Waals surface area contributed by atoms with Crippen molar-refractivity contribution in [2.75, 3.05) is 13.2 Å². The maximum absolute atomic E-state index is 14.8. The Balaban J connectivity index is 1.65. The van der Waals surface area contributed by atoms with Crippen molar-refractivity contribution in [3.05, 3.63) is 87.4 Å². The van der Waals surface area contributed by atoms with Gasteiger partial charge in [0.05, 0.1) is 18.2 Å². The zero-order chi connectivity index (χ0) is 22.2. The smallest absolute Gasteiger partial charge is 0.295 e. The average molecular weight is 451 g/mol. The molecule has 0 radical (unpaired) electrons. The van der Waals surface area contributed by atoms with Crippen molar-refractivity contribution in [1.82, 2.24) is 4.90 Å². The summed E-state index contributed by atoms with van der Waals surface area (Å²) in [4.78, 5) is 28.2. The van der Waals surface area contributed by atoms with Crippen molar-refractivity contribution in [3.63, 3.8) is 0 Å². The molecule has 3 aromatic rings. The third-order valence-electron chi connectivity index (χ3n) is 5.46. The lowest BCUT2D eigenvalue weighted by Gasteiger charge is -2.25. The minimum atomic E-state index is -1.06. The molecule has 2 aromatic carbocycles. The first-order chi connectivity index (χ1) is 15.5. The fourth-order valence-corrected chi connectivity index (χ4v) is 4.68. The van der Waals surface area contributed by atoms with Gasteiger partial charge in [0.1, 0.15) is 24.8 Å². The van der Waals surface area contributed by atoms with E-state index in [0.717, 1.165) is 4.88 Å². The maximum atomic E-state index is 14.8. The molecule has 0 spiro atoms. The van der Waals surface area contributed by atoms with Crippen molar-refractivity contribution in [2.24, 2.45) is 0 Å². The molecule has 8 heteroatoms. The molecule has 2 aliphatic heterocycles. The van der Waals surface area contributed by atoms with Gasteiger partial charge in [-0.3, -0.25) is 9.59 Å². The molecule has 1 atom stereocenters. The van der Waals surface area contributed by atoms with E-state index in [1.165, 1.54) is 34.4 Å². The summed E-state index contributed by atoms with van der Waals surface area (Å²) in [6.07, 6.45) is 0. The molecule has 0 aliphatic carbocycles. The summed E-state index contributed by atoms with van der Waals surface area (Å²) < 4.78 is 25.9. The Labute approximate surface area is 187 Å². The monoisotopic (exact) mass is 451 g/mol. The van der Waals surface area contributed by atoms with E-state index in [4.69, 9.17) is 9.47 Å². The van der Waals surface area contributed by atoms with Crippen LogP contribution < -0.4 is 9.47 Å². The van der Waals surface area contributed by atoms with Crippen LogP contribution in [0.15, 0.2) is 65.6 Å². The highest BCUT2D eigenvalue weighted by atomic mass is 32.1. The standard InChI is InChI=1S/C24H18FNO5S/c25-17-6-2-1-5-16(17)21-20(23(28)24(29)26(21)13-15-4-3-11-32-15)22(27)14-7-8-18-19(12-14)31-10-9-30-18/h1-8,11-12,21,27H,9-10,13H2/b22-20+. The summed E-state index contributed by atoms with van der Waals surface area (Å²) in [7, 11) is 0. The van der Waals surface area contributed by atoms with E-state index in [2.05, 4.69) is 0 Å². The van der Waals surface area contributed by atoms with Crippen LogP contribution in [0.25, 0.3) is 5.76 Å². The third kappa shape index (κ3) is 3.42. The maximum Gasteiger partial charge on any atom is 0.295 e. The van der Waals surface area contributed by atoms with Crippen molar-refractivity contribution >= 4 is 28.8 Å². The SMILES string of the molecule is O=C1C(=O)N(Cc2cccs2)C(c2ccccc2F)/C1=C(\O)c1ccc2c(c1)OCCO2. The van der Waals surface area contributed by atoms with Crippen LogP contribution >= 0.6 is 11.3 Å². The highest BCUT2D eigenvalue weighted by Crippen LogP contribution is 2.42. The van der Waals surface area contributed by atoms with Gasteiger partial charge in [0, 0.05) is 16.0 Å². The Morgan fingerprint density at radius 1 is 1.06 bits per heavy atom. The van der Waals surface area contributed by atoms with Crippen LogP contribution in [0, 0.1) is 5.82 Å². The quantitative estimate of drug-likeness (QED) is 0.364. The van der Waals surface area contributed by atoms with Gasteiger partial charge >= 0.3 is 0 Å². The molecule has 2 aliphatic rings. The summed E-state index contributed by atoms with van der Waals surface area (Å²) in [5.74, 6) is -1.65. The number of rotatable bonds is 4. The van der Waals surface area contributed by atoms with Crippen LogP contribution in [0.2, 0.25) is 0 Å². The van der Waals surface area contributed by atoms with Crippen LogP contribution in [0.3, 0.4) is 0 Å². The van der Waals surface area contributed by atoms with Crippen molar-refractivity contribution in [1.29, 1.82) is 0 Å². The molecule has 1 N–H and O–H groups in total. The molecule has 1 saturated heterocycles. The number of carbonyl (C=O) groups is 2. The second-order valence-corrected chi connectivity index (χ2v) is 8.42. The van der Waals surface area contributed by atoms with Crippen LogP contribution in [-0.4, -0.2) is 34.9 Å². The number of aliphatic hydroxyl groups is 1. The number of thiophene rings is 1. The lowest BCUT2D eigenvalue weighted by atomic mass is 9.94. The van der Waals surface area contributed by atoms with E-state index >= 15 is 0 Å². The molecule has 1 unspecified atom stereocenters. The number of benzene rings is 2. The molecular weight excluding hydrogens is 433 g/mol. The Morgan fingerprint density at radius 2 is 1.84 bits per heavy atom. The molecule has 32 heavy (non-hydrogen) atoms. The number of hydrogen-bond acceptors (Lipinski definition) is 6. The summed E-state index contributed by atoms with van der Waals surface area (Å²) >= 11 is 1.43. The zero-order valence-corrected chi connectivity index (χ0v) is 17.6. The molecule has 0 saturated carbocycles. The molecule has 1 aromatic heterocycles. The molecule has 3 heterocycles. The van der Waals surface area contributed by atoms with E-state index in [1.807, 2.05) is 17.5 Å². The van der Waals surface area contributed by atoms with Gasteiger partial charge in [-0.2, -0.15) is 0 Å². The van der Waals surface area contributed by atoms with Crippen molar-refractivity contribution in [2.45, 2.75) is 12.6 Å². The predicted octanol–water partition coefficient (Wildman–Crippen LogP) is 4.28. The second kappa shape index (κ2) is 8.12. The van der Waals surface area contributed by atoms with Crippen LogP contribution in [0.4, 0.5) is 4.39 Å². The summed E-state index contributed by atoms with van der Waals surface area (Å²) in [6.45, 7) is 0.899. The Morgan fingerprint density at radius 3 is 2.59 bits per heavy atom. The van der Waals surface area contributed by atoms with E-state index in [1.54, 1.807) is 24.3 Å². The van der Waals surface area contributed by atoms with Gasteiger partial charge < -0.3 is 19.5 Å². The Hall–Kier alpha value is -3.65. The number of fused-ring (bicyclic) bond motifs is 1. The first-order valence-electron chi connectivity index (χ1n) is 10.00. The zero-order valence-electron chi connectivity index (χ0n) is 16.8.